The number of hydrogen-bond donors (Lipinski definition) is 2. The lowest BCUT2D eigenvalue weighted by Gasteiger charge is -2.33. The fraction of sp³-hybridized carbons (Fsp3) is 0.385. The van der Waals surface area contributed by atoms with E-state index >= 15 is 0 Å². The quantitative estimate of drug-likeness (QED) is 0.501. The fourth-order valence-electron chi connectivity index (χ4n) is 2.38. The van der Waals surface area contributed by atoms with Gasteiger partial charge < -0.3 is 10.4 Å². The van der Waals surface area contributed by atoms with Gasteiger partial charge in [0.25, 0.3) is 5.69 Å². The van der Waals surface area contributed by atoms with Crippen molar-refractivity contribution in [2.45, 2.75) is 6.04 Å². The molecule has 0 aromatic heterocycles. The Morgan fingerprint density at radius 2 is 2.00 bits per heavy atom. The van der Waals surface area contributed by atoms with Crippen LogP contribution in [0.15, 0.2) is 30.9 Å². The number of piperazine rings is 1. The van der Waals surface area contributed by atoms with Crippen molar-refractivity contribution in [1.82, 2.24) is 10.2 Å². The van der Waals surface area contributed by atoms with E-state index in [2.05, 4.69) is 16.8 Å². The van der Waals surface area contributed by atoms with Gasteiger partial charge in [-0.3, -0.25) is 15.0 Å². The van der Waals surface area contributed by atoms with Crippen molar-refractivity contribution in [2.24, 2.45) is 0 Å². The summed E-state index contributed by atoms with van der Waals surface area (Å²) in [7, 11) is 0. The van der Waals surface area contributed by atoms with Crippen LogP contribution < -0.4 is 5.32 Å². The first-order valence-electron chi connectivity index (χ1n) is 6.18. The average molecular weight is 336 g/mol. The minimum atomic E-state index is -0.423. The number of phenols is 1. The van der Waals surface area contributed by atoms with Gasteiger partial charge in [-0.15, -0.1) is 31.4 Å². The maximum Gasteiger partial charge on any atom is 0.274 e. The number of hydrogen-bond acceptors (Lipinski definition) is 5. The monoisotopic (exact) mass is 335 g/mol. The fourth-order valence-corrected chi connectivity index (χ4v) is 2.38. The van der Waals surface area contributed by atoms with E-state index in [0.717, 1.165) is 26.2 Å². The molecule has 2 N–H and O–H groups in total. The average Bonchev–Trinajstić information content (AvgIpc) is 2.40. The normalized spacial score (nSPS) is 16.2. The van der Waals surface area contributed by atoms with Crippen molar-refractivity contribution in [2.75, 3.05) is 26.2 Å². The molecule has 118 valence electrons. The minimum Gasteiger partial charge on any atom is -0.508 e. The first-order valence-corrected chi connectivity index (χ1v) is 6.18. The third kappa shape index (κ3) is 4.57. The summed E-state index contributed by atoms with van der Waals surface area (Å²) < 4.78 is 0. The van der Waals surface area contributed by atoms with Gasteiger partial charge in [0, 0.05) is 32.2 Å². The van der Waals surface area contributed by atoms with Crippen LogP contribution in [0.2, 0.25) is 0 Å². The topological polar surface area (TPSA) is 78.6 Å². The van der Waals surface area contributed by atoms with Crippen LogP contribution >= 0.6 is 24.8 Å². The molecule has 1 aliphatic rings. The van der Waals surface area contributed by atoms with Gasteiger partial charge in [0.05, 0.1) is 16.5 Å². The molecule has 1 aromatic rings. The molecule has 6 nitrogen and oxygen atoms in total. The molecule has 0 bridgehead atoms. The van der Waals surface area contributed by atoms with E-state index in [1.54, 1.807) is 6.08 Å². The lowest BCUT2D eigenvalue weighted by atomic mass is 10.0. The van der Waals surface area contributed by atoms with Crippen molar-refractivity contribution in [3.63, 3.8) is 0 Å². The van der Waals surface area contributed by atoms with Crippen LogP contribution in [-0.4, -0.2) is 41.1 Å². The first-order chi connectivity index (χ1) is 9.13. The summed E-state index contributed by atoms with van der Waals surface area (Å²) in [6, 6.07) is 3.87. The molecular formula is C13H19Cl2N3O3. The Bertz CT molecular complexity index is 494. The molecule has 0 unspecified atom stereocenters. The highest BCUT2D eigenvalue weighted by Gasteiger charge is 2.26. The zero-order valence-electron chi connectivity index (χ0n) is 11.4. The first kappa shape index (κ1) is 19.7. The van der Waals surface area contributed by atoms with E-state index in [1.807, 2.05) is 0 Å². The molecule has 0 aliphatic carbocycles. The van der Waals surface area contributed by atoms with E-state index in [1.165, 1.54) is 18.2 Å². The van der Waals surface area contributed by atoms with E-state index in [9.17, 15) is 15.2 Å². The van der Waals surface area contributed by atoms with Crippen molar-refractivity contribution in [3.05, 3.63) is 46.5 Å². The number of nitrogens with one attached hydrogen (secondary N) is 1. The zero-order valence-corrected chi connectivity index (χ0v) is 13.0. The molecule has 1 aliphatic heterocycles. The van der Waals surface area contributed by atoms with Gasteiger partial charge >= 0.3 is 0 Å². The molecule has 1 saturated heterocycles. The molecule has 0 amide bonds. The molecule has 2 rings (SSSR count). The Kier molecular flexibility index (Phi) is 8.27. The predicted octanol–water partition coefficient (Wildman–Crippen LogP) is 2.28. The van der Waals surface area contributed by atoms with Crippen LogP contribution in [0, 0.1) is 10.1 Å². The van der Waals surface area contributed by atoms with Crippen molar-refractivity contribution in [1.29, 1.82) is 0 Å². The highest BCUT2D eigenvalue weighted by atomic mass is 35.5. The minimum absolute atomic E-state index is 0. The molecule has 0 radical (unpaired) electrons. The van der Waals surface area contributed by atoms with E-state index < -0.39 is 4.92 Å². The van der Waals surface area contributed by atoms with Crippen LogP contribution in [0.3, 0.4) is 0 Å². The van der Waals surface area contributed by atoms with Gasteiger partial charge in [-0.1, -0.05) is 6.08 Å². The SMILES string of the molecule is C=C[C@@H](c1cc(O)ccc1[N+](=O)[O-])N1CCNCC1.Cl.Cl. The van der Waals surface area contributed by atoms with Gasteiger partial charge in [-0.05, 0) is 12.1 Å². The predicted molar refractivity (Wildman–Crippen MR) is 86.6 cm³/mol. The Morgan fingerprint density at radius 3 is 2.52 bits per heavy atom. The number of nitro groups is 1. The van der Waals surface area contributed by atoms with Gasteiger partial charge in [-0.25, -0.2) is 0 Å². The molecule has 1 fully saturated rings. The summed E-state index contributed by atoms with van der Waals surface area (Å²) in [6.45, 7) is 7.06. The second-order valence-corrected chi connectivity index (χ2v) is 4.47. The number of phenolic OH excluding ortho intramolecular Hbond substituents is 1. The van der Waals surface area contributed by atoms with E-state index in [0.29, 0.717) is 5.56 Å². The number of halogens is 2. The summed E-state index contributed by atoms with van der Waals surface area (Å²) in [5.41, 5.74) is 0.503. The molecule has 1 heterocycles. The van der Waals surface area contributed by atoms with E-state index in [4.69, 9.17) is 0 Å². The molecule has 1 atom stereocenters. The summed E-state index contributed by atoms with van der Waals surface area (Å²) in [4.78, 5) is 12.8. The maximum absolute atomic E-state index is 11.1. The highest BCUT2D eigenvalue weighted by molar-refractivity contribution is 5.85. The van der Waals surface area contributed by atoms with Crippen LogP contribution in [0.25, 0.3) is 0 Å². The summed E-state index contributed by atoms with van der Waals surface area (Å²) >= 11 is 0. The van der Waals surface area contributed by atoms with Crippen LogP contribution in [0.4, 0.5) is 5.69 Å². The third-order valence-corrected chi connectivity index (χ3v) is 3.29. The highest BCUT2D eigenvalue weighted by Crippen LogP contribution is 2.33. The van der Waals surface area contributed by atoms with Gasteiger partial charge in [0.2, 0.25) is 0 Å². The zero-order chi connectivity index (χ0) is 13.8. The maximum atomic E-state index is 11.1. The molecule has 0 spiro atoms. The van der Waals surface area contributed by atoms with Crippen LogP contribution in [0.5, 0.6) is 5.75 Å². The summed E-state index contributed by atoms with van der Waals surface area (Å²) in [6.07, 6.45) is 1.69. The number of nitro benzene ring substituents is 1. The second kappa shape index (κ2) is 8.84. The Labute approximate surface area is 135 Å². The van der Waals surface area contributed by atoms with Gasteiger partial charge in [0.1, 0.15) is 5.75 Å². The Balaban J connectivity index is 0.00000200. The van der Waals surface area contributed by atoms with Crippen LogP contribution in [0.1, 0.15) is 11.6 Å². The smallest absolute Gasteiger partial charge is 0.274 e. The number of benzene rings is 1. The lowest BCUT2D eigenvalue weighted by molar-refractivity contribution is -0.385. The van der Waals surface area contributed by atoms with E-state index in [-0.39, 0.29) is 42.3 Å². The van der Waals surface area contributed by atoms with Crippen molar-refractivity contribution in [3.8, 4) is 5.75 Å². The molecule has 21 heavy (non-hydrogen) atoms. The molecule has 1 aromatic carbocycles. The van der Waals surface area contributed by atoms with Crippen molar-refractivity contribution >= 4 is 30.5 Å². The number of aromatic hydroxyl groups is 1. The Morgan fingerprint density at radius 1 is 1.38 bits per heavy atom. The molecule has 0 saturated carbocycles. The molecular weight excluding hydrogens is 317 g/mol. The van der Waals surface area contributed by atoms with Gasteiger partial charge in [0.15, 0.2) is 0 Å². The standard InChI is InChI=1S/C13H17N3O3.2ClH/c1-2-12(15-7-5-14-6-8-15)11-9-10(17)3-4-13(11)16(18)19;;/h2-4,9,12,14,17H,1,5-8H2;2*1H/t12-;;/m0../s1. The largest absolute Gasteiger partial charge is 0.508 e. The van der Waals surface area contributed by atoms with Crippen LogP contribution in [-0.2, 0) is 0 Å². The summed E-state index contributed by atoms with van der Waals surface area (Å²) in [5, 5.41) is 23.9. The molecule has 8 heteroatoms. The Hall–Kier alpha value is -1.34. The number of rotatable bonds is 4. The summed E-state index contributed by atoms with van der Waals surface area (Å²) in [5.74, 6) is 0.0302. The third-order valence-electron chi connectivity index (χ3n) is 3.29. The van der Waals surface area contributed by atoms with Crippen molar-refractivity contribution < 1.29 is 10.0 Å². The van der Waals surface area contributed by atoms with Gasteiger partial charge in [-0.2, -0.15) is 0 Å². The second-order valence-electron chi connectivity index (χ2n) is 4.47. The number of nitrogens with zero attached hydrogens (tertiary/aromatic N) is 2. The lowest BCUT2D eigenvalue weighted by Crippen LogP contribution is -2.44.